The predicted octanol–water partition coefficient (Wildman–Crippen LogP) is 4.69. The largest absolute Gasteiger partial charge is 0.488 e. The molecule has 0 unspecified atom stereocenters. The maximum Gasteiger partial charge on any atom is 0.294 e. The third-order valence-corrected chi connectivity index (χ3v) is 7.36. The molecule has 12 heteroatoms. The van der Waals surface area contributed by atoms with Gasteiger partial charge in [-0.15, -0.1) is 0 Å². The molecule has 5 rings (SSSR count). The number of hydrogen-bond donors (Lipinski definition) is 1. The standard InChI is InChI=1S/C29H26N4O7S/c34-27(30-23-6-2-3-7-24(23)31-13-15-39-16-14-31)18-32-28(35)26(41-29(32)36)17-21-5-1-4-8-25(21)40-19-20-9-11-22(12-10-20)33(37)38/h1-12,17H,13-16,18-19H2,(H,30,34)/b26-17-. The number of anilines is 2. The highest BCUT2D eigenvalue weighted by Gasteiger charge is 2.36. The van der Waals surface area contributed by atoms with E-state index in [-0.39, 0.29) is 17.2 Å². The molecule has 11 nitrogen and oxygen atoms in total. The van der Waals surface area contributed by atoms with Gasteiger partial charge in [-0.05, 0) is 53.7 Å². The number of nitrogens with one attached hydrogen (secondary N) is 1. The smallest absolute Gasteiger partial charge is 0.294 e. The minimum Gasteiger partial charge on any atom is -0.488 e. The monoisotopic (exact) mass is 574 g/mol. The van der Waals surface area contributed by atoms with Gasteiger partial charge in [0.25, 0.3) is 16.8 Å². The first kappa shape index (κ1) is 27.9. The van der Waals surface area contributed by atoms with Gasteiger partial charge in [-0.2, -0.15) is 0 Å². The molecule has 2 heterocycles. The van der Waals surface area contributed by atoms with Crippen molar-refractivity contribution in [1.29, 1.82) is 0 Å². The van der Waals surface area contributed by atoms with Gasteiger partial charge in [0.1, 0.15) is 18.9 Å². The third kappa shape index (κ3) is 6.73. The van der Waals surface area contributed by atoms with Crippen LogP contribution in [0.5, 0.6) is 5.75 Å². The number of carbonyl (C=O) groups is 3. The molecule has 3 aromatic carbocycles. The summed E-state index contributed by atoms with van der Waals surface area (Å²) in [6.07, 6.45) is 1.56. The van der Waals surface area contributed by atoms with Crippen LogP contribution in [0.4, 0.5) is 21.9 Å². The number of rotatable bonds is 9. The van der Waals surface area contributed by atoms with Gasteiger partial charge in [0.15, 0.2) is 0 Å². The van der Waals surface area contributed by atoms with Gasteiger partial charge >= 0.3 is 0 Å². The van der Waals surface area contributed by atoms with Crippen molar-refractivity contribution in [2.45, 2.75) is 6.61 Å². The maximum atomic E-state index is 13.1. The average molecular weight is 575 g/mol. The van der Waals surface area contributed by atoms with Crippen LogP contribution in [0.1, 0.15) is 11.1 Å². The number of imide groups is 1. The second-order valence-corrected chi connectivity index (χ2v) is 10.2. The van der Waals surface area contributed by atoms with Crippen molar-refractivity contribution in [2.24, 2.45) is 0 Å². The Morgan fingerprint density at radius 3 is 2.49 bits per heavy atom. The van der Waals surface area contributed by atoms with Crippen LogP contribution >= 0.6 is 11.8 Å². The second kappa shape index (κ2) is 12.7. The number of thioether (sulfide) groups is 1. The molecular formula is C29H26N4O7S. The molecule has 3 aromatic rings. The van der Waals surface area contributed by atoms with Gasteiger partial charge in [-0.25, -0.2) is 0 Å². The molecule has 0 saturated carbocycles. The molecule has 2 aliphatic rings. The zero-order valence-corrected chi connectivity index (χ0v) is 22.7. The fourth-order valence-electron chi connectivity index (χ4n) is 4.38. The van der Waals surface area contributed by atoms with Crippen molar-refractivity contribution < 1.29 is 28.8 Å². The Morgan fingerprint density at radius 1 is 1.02 bits per heavy atom. The number of nitrogens with zero attached hydrogens (tertiary/aromatic N) is 3. The molecule has 3 amide bonds. The Morgan fingerprint density at radius 2 is 1.73 bits per heavy atom. The van der Waals surface area contributed by atoms with Crippen LogP contribution in [0.3, 0.4) is 0 Å². The van der Waals surface area contributed by atoms with E-state index in [1.807, 2.05) is 18.2 Å². The van der Waals surface area contributed by atoms with E-state index in [1.165, 1.54) is 12.1 Å². The van der Waals surface area contributed by atoms with Crippen molar-refractivity contribution >= 4 is 52.0 Å². The van der Waals surface area contributed by atoms with Crippen molar-refractivity contribution in [3.05, 3.63) is 98.9 Å². The summed E-state index contributed by atoms with van der Waals surface area (Å²) in [7, 11) is 0. The van der Waals surface area contributed by atoms with Crippen molar-refractivity contribution in [1.82, 2.24) is 4.90 Å². The molecule has 1 N–H and O–H groups in total. The van der Waals surface area contributed by atoms with E-state index in [1.54, 1.807) is 48.5 Å². The van der Waals surface area contributed by atoms with E-state index in [9.17, 15) is 24.5 Å². The number of morpholine rings is 1. The molecule has 41 heavy (non-hydrogen) atoms. The summed E-state index contributed by atoms with van der Waals surface area (Å²) in [6, 6.07) is 20.4. The zero-order valence-electron chi connectivity index (χ0n) is 21.9. The normalized spacial score (nSPS) is 16.2. The molecule has 2 saturated heterocycles. The first-order chi connectivity index (χ1) is 19.9. The van der Waals surface area contributed by atoms with Gasteiger partial charge in [-0.1, -0.05) is 30.3 Å². The number of nitro groups is 1. The van der Waals surface area contributed by atoms with E-state index >= 15 is 0 Å². The van der Waals surface area contributed by atoms with Crippen LogP contribution in [0, 0.1) is 10.1 Å². The summed E-state index contributed by atoms with van der Waals surface area (Å²) in [4.78, 5) is 52.3. The topological polar surface area (TPSA) is 131 Å². The molecule has 0 spiro atoms. The van der Waals surface area contributed by atoms with E-state index in [2.05, 4.69) is 10.2 Å². The summed E-state index contributed by atoms with van der Waals surface area (Å²) in [5.41, 5.74) is 2.74. The summed E-state index contributed by atoms with van der Waals surface area (Å²) < 4.78 is 11.3. The zero-order chi connectivity index (χ0) is 28.8. The van der Waals surface area contributed by atoms with E-state index in [0.717, 1.165) is 27.9 Å². The van der Waals surface area contributed by atoms with Crippen molar-refractivity contribution in [3.8, 4) is 5.75 Å². The predicted molar refractivity (Wildman–Crippen MR) is 155 cm³/mol. The average Bonchev–Trinajstić information content (AvgIpc) is 3.24. The lowest BCUT2D eigenvalue weighted by Gasteiger charge is -2.30. The number of hydrogen-bond acceptors (Lipinski definition) is 9. The van der Waals surface area contributed by atoms with Crippen LogP contribution < -0.4 is 15.0 Å². The lowest BCUT2D eigenvalue weighted by molar-refractivity contribution is -0.384. The lowest BCUT2D eigenvalue weighted by atomic mass is 10.1. The first-order valence-electron chi connectivity index (χ1n) is 12.8. The van der Waals surface area contributed by atoms with Gasteiger partial charge in [0.2, 0.25) is 5.91 Å². The summed E-state index contributed by atoms with van der Waals surface area (Å²) >= 11 is 0.755. The van der Waals surface area contributed by atoms with Crippen molar-refractivity contribution in [3.63, 3.8) is 0 Å². The van der Waals surface area contributed by atoms with Crippen LogP contribution in [0.15, 0.2) is 77.7 Å². The molecule has 2 aliphatic heterocycles. The molecule has 0 aromatic heterocycles. The molecule has 0 radical (unpaired) electrons. The van der Waals surface area contributed by atoms with Gasteiger partial charge in [-0.3, -0.25) is 29.4 Å². The number of ether oxygens (including phenoxy) is 2. The highest BCUT2D eigenvalue weighted by Crippen LogP contribution is 2.34. The summed E-state index contributed by atoms with van der Waals surface area (Å²) in [6.45, 7) is 2.31. The number of amides is 3. The molecule has 2 fully saturated rings. The summed E-state index contributed by atoms with van der Waals surface area (Å²) in [5.74, 6) is -0.585. The Balaban J connectivity index is 1.24. The molecule has 0 bridgehead atoms. The van der Waals surface area contributed by atoms with E-state index < -0.39 is 28.5 Å². The van der Waals surface area contributed by atoms with E-state index in [0.29, 0.717) is 43.3 Å². The highest BCUT2D eigenvalue weighted by atomic mass is 32.2. The summed E-state index contributed by atoms with van der Waals surface area (Å²) in [5, 5.41) is 13.2. The lowest BCUT2D eigenvalue weighted by Crippen LogP contribution is -2.38. The minimum absolute atomic E-state index is 0.0140. The quantitative estimate of drug-likeness (QED) is 0.220. The van der Waals surface area contributed by atoms with Crippen molar-refractivity contribution in [2.75, 3.05) is 43.1 Å². The number of non-ortho nitro benzene ring substituents is 1. The Bertz CT molecular complexity index is 1500. The van der Waals surface area contributed by atoms with Crippen LogP contribution in [-0.4, -0.2) is 59.7 Å². The Hall–Kier alpha value is -4.68. The number of para-hydroxylation sites is 3. The van der Waals surface area contributed by atoms with Crippen LogP contribution in [-0.2, 0) is 20.9 Å². The van der Waals surface area contributed by atoms with Gasteiger partial charge < -0.3 is 19.7 Å². The van der Waals surface area contributed by atoms with Gasteiger partial charge in [0.05, 0.1) is 34.4 Å². The molecular weight excluding hydrogens is 548 g/mol. The Labute approximate surface area is 239 Å². The third-order valence-electron chi connectivity index (χ3n) is 6.45. The fraction of sp³-hybridized carbons (Fsp3) is 0.207. The first-order valence-corrected chi connectivity index (χ1v) is 13.6. The molecule has 0 aliphatic carbocycles. The number of benzene rings is 3. The number of carbonyl (C=O) groups excluding carboxylic acids is 3. The van der Waals surface area contributed by atoms with Crippen LogP contribution in [0.25, 0.3) is 6.08 Å². The van der Waals surface area contributed by atoms with Crippen LogP contribution in [0.2, 0.25) is 0 Å². The SMILES string of the molecule is O=C(CN1C(=O)S/C(=C\c2ccccc2OCc2ccc([N+](=O)[O-])cc2)C1=O)Nc1ccccc1N1CCOCC1. The fourth-order valence-corrected chi connectivity index (χ4v) is 5.21. The molecule has 0 atom stereocenters. The second-order valence-electron chi connectivity index (χ2n) is 9.18. The maximum absolute atomic E-state index is 13.1. The Kier molecular flexibility index (Phi) is 8.61. The van der Waals surface area contributed by atoms with Gasteiger partial charge in [0, 0.05) is 30.8 Å². The highest BCUT2D eigenvalue weighted by molar-refractivity contribution is 8.18. The minimum atomic E-state index is -0.568. The van der Waals surface area contributed by atoms with E-state index in [4.69, 9.17) is 9.47 Å². The number of nitro benzene ring substituents is 1. The molecule has 210 valence electrons.